The summed E-state index contributed by atoms with van der Waals surface area (Å²) in [5.74, 6) is 1.61. The fraction of sp³-hybridized carbons (Fsp3) is 0.632. The number of benzene rings is 1. The predicted molar refractivity (Wildman–Crippen MR) is 105 cm³/mol. The number of carbonyl (C=O) groups is 1. The second-order valence-electron chi connectivity index (χ2n) is 7.37. The Bertz CT molecular complexity index is 599. The number of carbonyl (C=O) groups excluding carboxylic acids is 1. The van der Waals surface area contributed by atoms with Crippen LogP contribution in [-0.2, 0) is 4.79 Å². The van der Waals surface area contributed by atoms with Crippen molar-refractivity contribution in [2.24, 2.45) is 11.8 Å². The van der Waals surface area contributed by atoms with Crippen LogP contribution in [0.4, 0.5) is 5.69 Å². The van der Waals surface area contributed by atoms with Crippen molar-refractivity contribution in [1.82, 2.24) is 10.2 Å². The van der Waals surface area contributed by atoms with Crippen molar-refractivity contribution in [3.8, 4) is 0 Å². The van der Waals surface area contributed by atoms with Gasteiger partial charge in [0.1, 0.15) is 0 Å². The van der Waals surface area contributed by atoms with E-state index in [4.69, 9.17) is 0 Å². The number of thioether (sulfide) groups is 1. The van der Waals surface area contributed by atoms with E-state index >= 15 is 0 Å². The number of nitrogens with zero attached hydrogens (tertiary/aromatic N) is 2. The van der Waals surface area contributed by atoms with Crippen LogP contribution in [0.2, 0.25) is 0 Å². The number of nitro benzene ring substituents is 1. The lowest BCUT2D eigenvalue weighted by atomic mass is 9.94. The van der Waals surface area contributed by atoms with Crippen LogP contribution in [-0.4, -0.2) is 47.2 Å². The van der Waals surface area contributed by atoms with Crippen molar-refractivity contribution in [1.29, 1.82) is 0 Å². The third-order valence-electron chi connectivity index (χ3n) is 4.98. The summed E-state index contributed by atoms with van der Waals surface area (Å²) in [6.07, 6.45) is 2.46. The first-order chi connectivity index (χ1) is 12.4. The summed E-state index contributed by atoms with van der Waals surface area (Å²) in [6, 6.07) is 6.67. The molecule has 1 N–H and O–H groups in total. The first-order valence-electron chi connectivity index (χ1n) is 9.24. The maximum atomic E-state index is 12.2. The lowest BCUT2D eigenvalue weighted by Gasteiger charge is -2.38. The fourth-order valence-corrected chi connectivity index (χ4v) is 3.96. The number of rotatable bonds is 8. The van der Waals surface area contributed by atoms with Gasteiger partial charge in [0.25, 0.3) is 5.69 Å². The van der Waals surface area contributed by atoms with Crippen molar-refractivity contribution in [2.45, 2.75) is 44.6 Å². The van der Waals surface area contributed by atoms with Gasteiger partial charge in [0.2, 0.25) is 5.91 Å². The highest BCUT2D eigenvalue weighted by Gasteiger charge is 2.25. The minimum absolute atomic E-state index is 0.00406. The van der Waals surface area contributed by atoms with Crippen LogP contribution in [0.1, 0.15) is 33.6 Å². The highest BCUT2D eigenvalue weighted by atomic mass is 32.2. The Morgan fingerprint density at radius 2 is 1.92 bits per heavy atom. The van der Waals surface area contributed by atoms with Crippen LogP contribution < -0.4 is 5.32 Å². The van der Waals surface area contributed by atoms with E-state index < -0.39 is 4.92 Å². The summed E-state index contributed by atoms with van der Waals surface area (Å²) in [5.41, 5.74) is 0.0643. The summed E-state index contributed by atoms with van der Waals surface area (Å²) in [4.78, 5) is 25.8. The summed E-state index contributed by atoms with van der Waals surface area (Å²) >= 11 is 1.40. The largest absolute Gasteiger partial charge is 0.354 e. The van der Waals surface area contributed by atoms with Gasteiger partial charge in [0.15, 0.2) is 0 Å². The molecule has 0 aliphatic carbocycles. The molecule has 1 atom stereocenters. The molecular formula is C19H29N3O3S. The summed E-state index contributed by atoms with van der Waals surface area (Å²) < 4.78 is 0. The Hall–Kier alpha value is -1.60. The second-order valence-corrected chi connectivity index (χ2v) is 8.42. The van der Waals surface area contributed by atoms with Gasteiger partial charge in [-0.05, 0) is 49.9 Å². The van der Waals surface area contributed by atoms with Crippen molar-refractivity contribution < 1.29 is 9.72 Å². The molecule has 1 saturated heterocycles. The molecule has 1 aromatic carbocycles. The molecule has 0 bridgehead atoms. The molecule has 0 radical (unpaired) electrons. The number of piperidine rings is 1. The molecule has 1 unspecified atom stereocenters. The highest BCUT2D eigenvalue weighted by Crippen LogP contribution is 2.22. The molecule has 26 heavy (non-hydrogen) atoms. The van der Waals surface area contributed by atoms with Crippen LogP contribution in [0.3, 0.4) is 0 Å². The van der Waals surface area contributed by atoms with Gasteiger partial charge in [-0.2, -0.15) is 0 Å². The third-order valence-corrected chi connectivity index (χ3v) is 5.99. The topological polar surface area (TPSA) is 75.5 Å². The molecule has 1 fully saturated rings. The van der Waals surface area contributed by atoms with Crippen molar-refractivity contribution in [3.05, 3.63) is 34.4 Å². The Labute approximate surface area is 159 Å². The minimum Gasteiger partial charge on any atom is -0.354 e. The van der Waals surface area contributed by atoms with Gasteiger partial charge < -0.3 is 5.32 Å². The molecule has 7 heteroatoms. The van der Waals surface area contributed by atoms with E-state index in [0.29, 0.717) is 24.3 Å². The molecule has 1 heterocycles. The molecule has 0 saturated carbocycles. The van der Waals surface area contributed by atoms with Crippen molar-refractivity contribution in [3.63, 3.8) is 0 Å². The number of nitro groups is 1. The quantitative estimate of drug-likeness (QED) is 0.425. The highest BCUT2D eigenvalue weighted by molar-refractivity contribution is 8.00. The van der Waals surface area contributed by atoms with Crippen LogP contribution in [0.5, 0.6) is 0 Å². The number of non-ortho nitro benzene ring substituents is 1. The van der Waals surface area contributed by atoms with Crippen molar-refractivity contribution >= 4 is 23.4 Å². The fourth-order valence-electron chi connectivity index (χ4n) is 3.23. The molecule has 1 aromatic rings. The Balaban J connectivity index is 1.78. The van der Waals surface area contributed by atoms with Gasteiger partial charge in [-0.1, -0.05) is 20.8 Å². The maximum Gasteiger partial charge on any atom is 0.269 e. The molecule has 1 amide bonds. The Kier molecular flexibility index (Phi) is 7.90. The molecule has 0 aromatic heterocycles. The van der Waals surface area contributed by atoms with E-state index in [-0.39, 0.29) is 11.6 Å². The number of hydrogen-bond donors (Lipinski definition) is 1. The second kappa shape index (κ2) is 9.92. The maximum absolute atomic E-state index is 12.2. The smallest absolute Gasteiger partial charge is 0.269 e. The van der Waals surface area contributed by atoms with E-state index in [1.54, 1.807) is 12.1 Å². The zero-order chi connectivity index (χ0) is 19.1. The third kappa shape index (κ3) is 6.29. The minimum atomic E-state index is -0.422. The Morgan fingerprint density at radius 1 is 1.31 bits per heavy atom. The summed E-state index contributed by atoms with van der Waals surface area (Å²) in [6.45, 7) is 9.61. The van der Waals surface area contributed by atoms with E-state index in [9.17, 15) is 14.9 Å². The molecule has 1 aliphatic heterocycles. The van der Waals surface area contributed by atoms with Crippen LogP contribution in [0.15, 0.2) is 29.2 Å². The number of amides is 1. The van der Waals surface area contributed by atoms with E-state index in [1.807, 2.05) is 0 Å². The lowest BCUT2D eigenvalue weighted by Crippen LogP contribution is -2.49. The molecule has 0 spiro atoms. The summed E-state index contributed by atoms with van der Waals surface area (Å²) in [5, 5.41) is 13.7. The number of nitrogens with one attached hydrogen (secondary N) is 1. The lowest BCUT2D eigenvalue weighted by molar-refractivity contribution is -0.384. The van der Waals surface area contributed by atoms with Gasteiger partial charge in [0, 0.05) is 29.6 Å². The van der Waals surface area contributed by atoms with E-state index in [1.165, 1.54) is 36.7 Å². The first-order valence-corrected chi connectivity index (χ1v) is 10.2. The zero-order valence-electron chi connectivity index (χ0n) is 15.8. The van der Waals surface area contributed by atoms with Crippen LogP contribution >= 0.6 is 11.8 Å². The van der Waals surface area contributed by atoms with Gasteiger partial charge in [-0.15, -0.1) is 11.8 Å². The molecule has 144 valence electrons. The normalized spacial score (nSPS) is 17.2. The Morgan fingerprint density at radius 3 is 2.46 bits per heavy atom. The van der Waals surface area contributed by atoms with Gasteiger partial charge in [-0.25, -0.2) is 0 Å². The predicted octanol–water partition coefficient (Wildman–Crippen LogP) is 3.56. The SMILES string of the molecule is CC1CCN(C(CNC(=O)CSc2ccc([N+](=O)[O-])cc2)C(C)C)CC1. The number of hydrogen-bond acceptors (Lipinski definition) is 5. The zero-order valence-corrected chi connectivity index (χ0v) is 16.6. The van der Waals surface area contributed by atoms with E-state index in [0.717, 1.165) is 23.9 Å². The summed E-state index contributed by atoms with van der Waals surface area (Å²) in [7, 11) is 0. The molecule has 1 aliphatic rings. The van der Waals surface area contributed by atoms with Crippen molar-refractivity contribution in [2.75, 3.05) is 25.4 Å². The molecule has 2 rings (SSSR count). The van der Waals surface area contributed by atoms with E-state index in [2.05, 4.69) is 31.0 Å². The average molecular weight is 380 g/mol. The first kappa shape index (κ1) is 20.7. The van der Waals surface area contributed by atoms with Gasteiger partial charge >= 0.3 is 0 Å². The monoisotopic (exact) mass is 379 g/mol. The average Bonchev–Trinajstić information content (AvgIpc) is 2.61. The molecule has 6 nitrogen and oxygen atoms in total. The van der Waals surface area contributed by atoms with Crippen LogP contribution in [0.25, 0.3) is 0 Å². The van der Waals surface area contributed by atoms with Crippen LogP contribution in [0, 0.1) is 22.0 Å². The molecular weight excluding hydrogens is 350 g/mol. The standard InChI is InChI=1S/C19H29N3O3S/c1-14(2)18(21-10-8-15(3)9-11-21)12-20-19(23)13-26-17-6-4-16(5-7-17)22(24)25/h4-7,14-15,18H,8-13H2,1-3H3,(H,20,23). The van der Waals surface area contributed by atoms with Gasteiger partial charge in [-0.3, -0.25) is 19.8 Å². The van der Waals surface area contributed by atoms with Gasteiger partial charge in [0.05, 0.1) is 10.7 Å². The number of likely N-dealkylation sites (tertiary alicyclic amines) is 1.